The Bertz CT molecular complexity index is 967. The molecule has 0 unspecified atom stereocenters. The number of non-ortho nitro benzene ring substituents is 1. The number of ether oxygens (including phenoxy) is 1. The Balaban J connectivity index is 1.73. The molecule has 0 aliphatic carbocycles. The largest absolute Gasteiger partial charge is 0.494 e. The lowest BCUT2D eigenvalue weighted by molar-refractivity contribution is -0.384. The van der Waals surface area contributed by atoms with Gasteiger partial charge in [0.2, 0.25) is 0 Å². The van der Waals surface area contributed by atoms with E-state index in [9.17, 15) is 14.9 Å². The van der Waals surface area contributed by atoms with E-state index < -0.39 is 10.8 Å². The van der Waals surface area contributed by atoms with Gasteiger partial charge >= 0.3 is 0 Å². The Hall–Kier alpha value is -3.21. The van der Waals surface area contributed by atoms with Gasteiger partial charge in [0, 0.05) is 18.5 Å². The van der Waals surface area contributed by atoms with Crippen molar-refractivity contribution >= 4 is 33.2 Å². The van der Waals surface area contributed by atoms with Crippen molar-refractivity contribution in [3.05, 3.63) is 63.1 Å². The van der Waals surface area contributed by atoms with Crippen LogP contribution in [-0.2, 0) is 6.67 Å². The molecule has 0 saturated heterocycles. The van der Waals surface area contributed by atoms with Crippen LogP contribution in [-0.4, -0.2) is 37.5 Å². The molecule has 10 nitrogen and oxygen atoms in total. The lowest BCUT2D eigenvalue weighted by Gasteiger charge is -2.09. The highest BCUT2D eigenvalue weighted by atomic mass is 79.9. The second-order valence-corrected chi connectivity index (χ2v) is 6.09. The van der Waals surface area contributed by atoms with Crippen LogP contribution in [0.15, 0.2) is 47.3 Å². The van der Waals surface area contributed by atoms with Crippen molar-refractivity contribution in [3.63, 3.8) is 0 Å². The van der Waals surface area contributed by atoms with Gasteiger partial charge in [-0.25, -0.2) is 4.68 Å². The van der Waals surface area contributed by atoms with Crippen molar-refractivity contribution in [3.8, 4) is 5.75 Å². The molecule has 11 heteroatoms. The van der Waals surface area contributed by atoms with Gasteiger partial charge in [0.25, 0.3) is 11.6 Å². The summed E-state index contributed by atoms with van der Waals surface area (Å²) in [4.78, 5) is 22.6. The number of amides is 1. The third-order valence-corrected chi connectivity index (χ3v) is 3.82. The van der Waals surface area contributed by atoms with Crippen LogP contribution < -0.4 is 10.1 Å². The van der Waals surface area contributed by atoms with E-state index in [-0.39, 0.29) is 17.1 Å². The van der Waals surface area contributed by atoms with Crippen molar-refractivity contribution in [2.45, 2.75) is 6.67 Å². The molecule has 0 radical (unpaired) electrons. The van der Waals surface area contributed by atoms with Crippen molar-refractivity contribution in [1.82, 2.24) is 19.6 Å². The SMILES string of the molecule is COc1cc([N+](=O)[O-])ccc1NC(=O)c1ccn(Cn2cc(Br)cn2)n1. The van der Waals surface area contributed by atoms with E-state index in [1.807, 2.05) is 0 Å². The smallest absolute Gasteiger partial charge is 0.276 e. The molecular weight excluding hydrogens is 408 g/mol. The van der Waals surface area contributed by atoms with E-state index in [4.69, 9.17) is 4.74 Å². The predicted molar refractivity (Wildman–Crippen MR) is 95.2 cm³/mol. The summed E-state index contributed by atoms with van der Waals surface area (Å²) in [7, 11) is 1.37. The van der Waals surface area contributed by atoms with E-state index >= 15 is 0 Å². The van der Waals surface area contributed by atoms with Gasteiger partial charge in [-0.1, -0.05) is 0 Å². The molecule has 0 fully saturated rings. The lowest BCUT2D eigenvalue weighted by atomic mass is 10.2. The Morgan fingerprint density at radius 1 is 1.38 bits per heavy atom. The highest BCUT2D eigenvalue weighted by Gasteiger charge is 2.16. The number of aromatic nitrogens is 4. The standard InChI is InChI=1S/C15H13BrN6O4/c1-26-14-6-11(22(24)25)2-3-12(14)18-15(23)13-4-5-20(19-13)9-21-8-10(16)7-17-21/h2-8H,9H2,1H3,(H,18,23). The van der Waals surface area contributed by atoms with Gasteiger partial charge in [-0.3, -0.25) is 19.6 Å². The fourth-order valence-corrected chi connectivity index (χ4v) is 2.54. The average molecular weight is 421 g/mol. The number of benzene rings is 1. The molecule has 1 amide bonds. The number of methoxy groups -OCH3 is 1. The van der Waals surface area contributed by atoms with Gasteiger partial charge in [-0.2, -0.15) is 10.2 Å². The Morgan fingerprint density at radius 3 is 2.85 bits per heavy atom. The minimum absolute atomic E-state index is 0.130. The van der Waals surface area contributed by atoms with Crippen LogP contribution in [0.5, 0.6) is 5.75 Å². The number of carbonyl (C=O) groups is 1. The molecule has 26 heavy (non-hydrogen) atoms. The topological polar surface area (TPSA) is 117 Å². The maximum Gasteiger partial charge on any atom is 0.276 e. The Labute approximate surface area is 155 Å². The monoisotopic (exact) mass is 420 g/mol. The molecule has 3 rings (SSSR count). The lowest BCUT2D eigenvalue weighted by Crippen LogP contribution is -2.15. The second kappa shape index (κ2) is 7.35. The van der Waals surface area contributed by atoms with Crippen LogP contribution in [0.25, 0.3) is 0 Å². The van der Waals surface area contributed by atoms with E-state index in [0.717, 1.165) is 4.47 Å². The zero-order valence-corrected chi connectivity index (χ0v) is 15.1. The summed E-state index contributed by atoms with van der Waals surface area (Å²) in [6.45, 7) is 0.347. The predicted octanol–water partition coefficient (Wildman–Crippen LogP) is 2.52. The van der Waals surface area contributed by atoms with Gasteiger partial charge in [0.15, 0.2) is 5.69 Å². The third-order valence-electron chi connectivity index (χ3n) is 3.41. The minimum atomic E-state index is -0.538. The quantitative estimate of drug-likeness (QED) is 0.483. The summed E-state index contributed by atoms with van der Waals surface area (Å²) in [6.07, 6.45) is 5.08. The average Bonchev–Trinajstić information content (AvgIpc) is 3.24. The number of hydrogen-bond acceptors (Lipinski definition) is 6. The summed E-state index contributed by atoms with van der Waals surface area (Å²) in [5.74, 6) is -0.272. The van der Waals surface area contributed by atoms with Crippen molar-refractivity contribution in [2.24, 2.45) is 0 Å². The summed E-state index contributed by atoms with van der Waals surface area (Å²) in [6, 6.07) is 5.50. The molecule has 2 heterocycles. The minimum Gasteiger partial charge on any atom is -0.494 e. The number of carbonyl (C=O) groups excluding carboxylic acids is 1. The molecule has 0 atom stereocenters. The Morgan fingerprint density at radius 2 is 2.19 bits per heavy atom. The van der Waals surface area contributed by atoms with Gasteiger partial charge in [-0.15, -0.1) is 0 Å². The van der Waals surface area contributed by atoms with Crippen molar-refractivity contribution in [2.75, 3.05) is 12.4 Å². The number of nitrogens with one attached hydrogen (secondary N) is 1. The summed E-state index contributed by atoms with van der Waals surface area (Å²) in [5.41, 5.74) is 0.375. The van der Waals surface area contributed by atoms with Crippen LogP contribution in [0, 0.1) is 10.1 Å². The fraction of sp³-hybridized carbons (Fsp3) is 0.133. The molecule has 1 aromatic carbocycles. The molecule has 0 spiro atoms. The molecule has 0 aliphatic rings. The highest BCUT2D eigenvalue weighted by Crippen LogP contribution is 2.29. The highest BCUT2D eigenvalue weighted by molar-refractivity contribution is 9.10. The van der Waals surface area contributed by atoms with E-state index in [0.29, 0.717) is 12.4 Å². The van der Waals surface area contributed by atoms with Crippen molar-refractivity contribution in [1.29, 1.82) is 0 Å². The molecule has 1 N–H and O–H groups in total. The molecule has 3 aromatic rings. The van der Waals surface area contributed by atoms with Gasteiger partial charge in [-0.05, 0) is 28.1 Å². The second-order valence-electron chi connectivity index (χ2n) is 5.18. The van der Waals surface area contributed by atoms with Crippen LogP contribution >= 0.6 is 15.9 Å². The van der Waals surface area contributed by atoms with Crippen molar-refractivity contribution < 1.29 is 14.5 Å². The first-order valence-corrected chi connectivity index (χ1v) is 8.11. The Kier molecular flexibility index (Phi) is 4.98. The molecule has 0 saturated carbocycles. The number of nitro groups is 1. The van der Waals surface area contributed by atoms with Crippen LogP contribution in [0.2, 0.25) is 0 Å². The van der Waals surface area contributed by atoms with Gasteiger partial charge < -0.3 is 10.1 Å². The van der Waals surface area contributed by atoms with E-state index in [2.05, 4.69) is 31.4 Å². The first kappa shape index (κ1) is 17.6. The van der Waals surface area contributed by atoms with Crippen LogP contribution in [0.1, 0.15) is 10.5 Å². The van der Waals surface area contributed by atoms with Crippen LogP contribution in [0.3, 0.4) is 0 Å². The number of nitro benzene ring substituents is 1. The van der Waals surface area contributed by atoms with E-state index in [1.54, 1.807) is 34.0 Å². The maximum atomic E-state index is 12.4. The number of halogens is 1. The molecule has 2 aromatic heterocycles. The van der Waals surface area contributed by atoms with E-state index in [1.165, 1.54) is 25.3 Å². The molecule has 0 bridgehead atoms. The van der Waals surface area contributed by atoms with Crippen LogP contribution in [0.4, 0.5) is 11.4 Å². The maximum absolute atomic E-state index is 12.4. The third kappa shape index (κ3) is 3.88. The fourth-order valence-electron chi connectivity index (χ4n) is 2.21. The molecule has 134 valence electrons. The summed E-state index contributed by atoms with van der Waals surface area (Å²) in [5, 5.41) is 21.8. The first-order chi connectivity index (χ1) is 12.5. The first-order valence-electron chi connectivity index (χ1n) is 7.31. The summed E-state index contributed by atoms with van der Waals surface area (Å²) >= 11 is 3.31. The normalized spacial score (nSPS) is 10.5. The number of nitrogens with zero attached hydrogens (tertiary/aromatic N) is 5. The number of anilines is 1. The number of rotatable bonds is 6. The molecular formula is C15H13BrN6O4. The summed E-state index contributed by atoms with van der Waals surface area (Å²) < 4.78 is 9.15. The number of hydrogen-bond donors (Lipinski definition) is 1. The zero-order valence-electron chi connectivity index (χ0n) is 13.5. The zero-order chi connectivity index (χ0) is 18.7. The molecule has 0 aliphatic heterocycles. The van der Waals surface area contributed by atoms with Gasteiger partial charge in [0.05, 0.1) is 34.5 Å². The van der Waals surface area contributed by atoms with Gasteiger partial charge in [0.1, 0.15) is 12.4 Å².